The fourth-order valence-corrected chi connectivity index (χ4v) is 3.70. The summed E-state index contributed by atoms with van der Waals surface area (Å²) < 4.78 is 64.3. The van der Waals surface area contributed by atoms with Gasteiger partial charge in [-0.1, -0.05) is 30.3 Å². The summed E-state index contributed by atoms with van der Waals surface area (Å²) in [5.41, 5.74) is 6.22. The molecule has 0 aromatic heterocycles. The first kappa shape index (κ1) is 18.9. The molecule has 0 aliphatic rings. The molecular formula is C16H13N3O6S2. The third-order valence-electron chi connectivity index (χ3n) is 3.69. The summed E-state index contributed by atoms with van der Waals surface area (Å²) in [7, 11) is -8.96. The molecule has 0 aliphatic carbocycles. The summed E-state index contributed by atoms with van der Waals surface area (Å²) in [6, 6.07) is 12.4. The van der Waals surface area contributed by atoms with Gasteiger partial charge in [0.25, 0.3) is 20.2 Å². The molecule has 11 heteroatoms. The van der Waals surface area contributed by atoms with Crippen LogP contribution in [0.4, 0.5) is 17.1 Å². The maximum atomic E-state index is 11.7. The summed E-state index contributed by atoms with van der Waals surface area (Å²) in [6.07, 6.45) is 0. The molecule has 0 unspecified atom stereocenters. The number of hydrogen-bond donors (Lipinski definition) is 3. The number of hydrogen-bond acceptors (Lipinski definition) is 7. The van der Waals surface area contributed by atoms with Crippen molar-refractivity contribution >= 4 is 48.1 Å². The molecule has 9 nitrogen and oxygen atoms in total. The van der Waals surface area contributed by atoms with Crippen LogP contribution in [-0.2, 0) is 20.2 Å². The van der Waals surface area contributed by atoms with Gasteiger partial charge in [-0.25, -0.2) is 0 Å². The highest BCUT2D eigenvalue weighted by molar-refractivity contribution is 7.86. The van der Waals surface area contributed by atoms with Gasteiger partial charge in [0.05, 0.1) is 16.3 Å². The van der Waals surface area contributed by atoms with E-state index in [4.69, 9.17) is 10.3 Å². The SMILES string of the molecule is Nc1c(N=Nc2cccc(S(=O)(=O)O)c2)cc(S(=O)(=O)O)c2ccccc12. The fourth-order valence-electron chi connectivity index (χ4n) is 2.46. The lowest BCUT2D eigenvalue weighted by atomic mass is 10.1. The van der Waals surface area contributed by atoms with Gasteiger partial charge in [0.15, 0.2) is 0 Å². The van der Waals surface area contributed by atoms with Crippen LogP contribution in [0, 0.1) is 0 Å². The van der Waals surface area contributed by atoms with Gasteiger partial charge in [0, 0.05) is 10.8 Å². The van der Waals surface area contributed by atoms with Crippen molar-refractivity contribution in [1.29, 1.82) is 0 Å². The lowest BCUT2D eigenvalue weighted by Gasteiger charge is -2.09. The number of nitrogens with zero attached hydrogens (tertiary/aromatic N) is 2. The normalized spacial score (nSPS) is 12.7. The second kappa shape index (κ2) is 6.70. The van der Waals surface area contributed by atoms with Crippen molar-refractivity contribution < 1.29 is 25.9 Å². The van der Waals surface area contributed by atoms with E-state index in [9.17, 15) is 21.4 Å². The molecule has 0 spiro atoms. The maximum Gasteiger partial charge on any atom is 0.295 e. The molecule has 27 heavy (non-hydrogen) atoms. The lowest BCUT2D eigenvalue weighted by Crippen LogP contribution is -2.01. The van der Waals surface area contributed by atoms with Gasteiger partial charge >= 0.3 is 0 Å². The van der Waals surface area contributed by atoms with Crippen LogP contribution in [0.2, 0.25) is 0 Å². The van der Waals surface area contributed by atoms with Crippen LogP contribution in [0.5, 0.6) is 0 Å². The number of fused-ring (bicyclic) bond motifs is 1. The van der Waals surface area contributed by atoms with Crippen molar-refractivity contribution in [3.8, 4) is 0 Å². The highest BCUT2D eigenvalue weighted by Gasteiger charge is 2.18. The quantitative estimate of drug-likeness (QED) is 0.339. The van der Waals surface area contributed by atoms with Crippen LogP contribution in [0.15, 0.2) is 74.6 Å². The van der Waals surface area contributed by atoms with E-state index in [1.165, 1.54) is 24.3 Å². The molecule has 0 saturated carbocycles. The summed E-state index contributed by atoms with van der Waals surface area (Å²) in [4.78, 5) is -0.753. The Hall–Kier alpha value is -2.86. The number of anilines is 1. The van der Waals surface area contributed by atoms with Crippen molar-refractivity contribution in [2.24, 2.45) is 10.2 Å². The molecule has 0 bridgehead atoms. The monoisotopic (exact) mass is 407 g/mol. The predicted molar refractivity (Wildman–Crippen MR) is 98.6 cm³/mol. The Kier molecular flexibility index (Phi) is 4.70. The summed E-state index contributed by atoms with van der Waals surface area (Å²) in [6.45, 7) is 0. The largest absolute Gasteiger partial charge is 0.396 e. The van der Waals surface area contributed by atoms with E-state index in [0.717, 1.165) is 12.1 Å². The number of benzene rings is 3. The average Bonchev–Trinajstić information content (AvgIpc) is 2.60. The van der Waals surface area contributed by atoms with Crippen molar-refractivity contribution in [3.63, 3.8) is 0 Å². The molecule has 4 N–H and O–H groups in total. The van der Waals surface area contributed by atoms with Gasteiger partial charge in [-0.15, -0.1) is 5.11 Å². The molecule has 3 rings (SSSR count). The van der Waals surface area contributed by atoms with E-state index in [1.807, 2.05) is 0 Å². The average molecular weight is 407 g/mol. The van der Waals surface area contributed by atoms with E-state index < -0.39 is 20.2 Å². The molecule has 140 valence electrons. The second-order valence-electron chi connectivity index (χ2n) is 5.50. The van der Waals surface area contributed by atoms with Crippen molar-refractivity contribution in [1.82, 2.24) is 0 Å². The van der Waals surface area contributed by atoms with Crippen molar-refractivity contribution in [3.05, 3.63) is 54.6 Å². The van der Waals surface area contributed by atoms with E-state index in [0.29, 0.717) is 5.39 Å². The van der Waals surface area contributed by atoms with Crippen LogP contribution in [0.1, 0.15) is 0 Å². The fraction of sp³-hybridized carbons (Fsp3) is 0. The first-order valence-corrected chi connectivity index (χ1v) is 10.2. The van der Waals surface area contributed by atoms with E-state index in [1.54, 1.807) is 18.2 Å². The van der Waals surface area contributed by atoms with Crippen molar-refractivity contribution in [2.45, 2.75) is 9.79 Å². The first-order valence-electron chi connectivity index (χ1n) is 7.35. The van der Waals surface area contributed by atoms with Crippen LogP contribution >= 0.6 is 0 Å². The zero-order chi connectivity index (χ0) is 19.8. The van der Waals surface area contributed by atoms with Gasteiger partial charge < -0.3 is 5.73 Å². The number of nitrogen functional groups attached to an aromatic ring is 1. The summed E-state index contributed by atoms with van der Waals surface area (Å²) in [5.74, 6) is 0. The maximum absolute atomic E-state index is 11.7. The van der Waals surface area contributed by atoms with Gasteiger partial charge in [0.1, 0.15) is 10.6 Å². The van der Waals surface area contributed by atoms with Gasteiger partial charge in [-0.3, -0.25) is 9.11 Å². The number of azo groups is 1. The molecule has 0 aliphatic heterocycles. The molecule has 0 heterocycles. The van der Waals surface area contributed by atoms with E-state index >= 15 is 0 Å². The van der Waals surface area contributed by atoms with E-state index in [-0.39, 0.29) is 32.2 Å². The van der Waals surface area contributed by atoms with Crippen LogP contribution < -0.4 is 5.73 Å². The zero-order valence-corrected chi connectivity index (χ0v) is 15.1. The lowest BCUT2D eigenvalue weighted by molar-refractivity contribution is 0.481. The smallest absolute Gasteiger partial charge is 0.295 e. The molecule has 0 saturated heterocycles. The van der Waals surface area contributed by atoms with Crippen LogP contribution in [0.3, 0.4) is 0 Å². The molecular weight excluding hydrogens is 394 g/mol. The third kappa shape index (κ3) is 3.95. The highest BCUT2D eigenvalue weighted by Crippen LogP contribution is 2.36. The Morgan fingerprint density at radius 3 is 2.07 bits per heavy atom. The van der Waals surface area contributed by atoms with Gasteiger partial charge in [-0.2, -0.15) is 21.9 Å². The molecule has 0 fully saturated rings. The molecule has 0 atom stereocenters. The topological polar surface area (TPSA) is 159 Å². The molecule has 3 aromatic carbocycles. The predicted octanol–water partition coefficient (Wildman–Crippen LogP) is 3.33. The molecule has 0 radical (unpaired) electrons. The first-order chi connectivity index (χ1) is 12.6. The molecule has 3 aromatic rings. The van der Waals surface area contributed by atoms with E-state index in [2.05, 4.69) is 10.2 Å². The van der Waals surface area contributed by atoms with Gasteiger partial charge in [-0.05, 0) is 24.3 Å². The molecule has 0 amide bonds. The minimum atomic E-state index is -4.55. The standard InChI is InChI=1S/C16H13N3O6S2/c17-16-13-7-2-1-6-12(13)15(27(23,24)25)9-14(16)19-18-10-4-3-5-11(8-10)26(20,21)22/h1-9H,17H2,(H,20,21,22)(H,23,24,25). The Labute approximate surface area is 154 Å². The van der Waals surface area contributed by atoms with Crippen LogP contribution in [-0.4, -0.2) is 25.9 Å². The minimum Gasteiger partial charge on any atom is -0.396 e. The van der Waals surface area contributed by atoms with Crippen LogP contribution in [0.25, 0.3) is 10.8 Å². The number of rotatable bonds is 4. The Bertz CT molecular complexity index is 1280. The third-order valence-corrected chi connectivity index (χ3v) is 5.44. The highest BCUT2D eigenvalue weighted by atomic mass is 32.2. The zero-order valence-electron chi connectivity index (χ0n) is 13.5. The minimum absolute atomic E-state index is 0.0291. The Balaban J connectivity index is 2.16. The van der Waals surface area contributed by atoms with Gasteiger partial charge in [0.2, 0.25) is 0 Å². The number of nitrogens with two attached hydrogens (primary N) is 1. The summed E-state index contributed by atoms with van der Waals surface area (Å²) in [5, 5.41) is 8.29. The Morgan fingerprint density at radius 2 is 1.44 bits per heavy atom. The second-order valence-corrected chi connectivity index (χ2v) is 8.31. The van der Waals surface area contributed by atoms with Crippen molar-refractivity contribution in [2.75, 3.05) is 5.73 Å². The summed E-state index contributed by atoms with van der Waals surface area (Å²) >= 11 is 0. The Morgan fingerprint density at radius 1 is 0.778 bits per heavy atom.